The Morgan fingerprint density at radius 3 is 2.65 bits per heavy atom. The fraction of sp³-hybridized carbons (Fsp3) is 0.571. The minimum Gasteiger partial charge on any atom is -0.497 e. The molecule has 1 aliphatic heterocycles. The van der Waals surface area contributed by atoms with E-state index in [1.165, 1.54) is 0 Å². The number of rotatable bonds is 4. The minimum atomic E-state index is -0.747. The lowest BCUT2D eigenvalue weighted by atomic mass is 9.85. The van der Waals surface area contributed by atoms with Gasteiger partial charge in [0.25, 0.3) is 0 Å². The van der Waals surface area contributed by atoms with Gasteiger partial charge < -0.3 is 15.2 Å². The molecule has 3 heteroatoms. The molecule has 1 aliphatic rings. The van der Waals surface area contributed by atoms with Crippen molar-refractivity contribution >= 4 is 0 Å². The topological polar surface area (TPSA) is 41.5 Å². The molecule has 0 amide bonds. The van der Waals surface area contributed by atoms with Gasteiger partial charge in [-0.25, -0.2) is 0 Å². The summed E-state index contributed by atoms with van der Waals surface area (Å²) < 4.78 is 5.12. The first-order valence-electron chi connectivity index (χ1n) is 6.19. The number of ether oxygens (including phenoxy) is 1. The van der Waals surface area contributed by atoms with E-state index in [9.17, 15) is 5.11 Å². The molecule has 1 fully saturated rings. The molecule has 0 bridgehead atoms. The average Bonchev–Trinajstić information content (AvgIpc) is 2.81. The summed E-state index contributed by atoms with van der Waals surface area (Å²) >= 11 is 0. The lowest BCUT2D eigenvalue weighted by Gasteiger charge is -2.27. The van der Waals surface area contributed by atoms with Gasteiger partial charge in [0.15, 0.2) is 0 Å². The van der Waals surface area contributed by atoms with Gasteiger partial charge in [-0.3, -0.25) is 0 Å². The number of hydrogen-bond acceptors (Lipinski definition) is 3. The molecule has 0 spiro atoms. The Hall–Kier alpha value is -1.06. The SMILES string of the molecule is COc1ccc(C(C)(O)CC2CCNC2)cc1. The third kappa shape index (κ3) is 2.99. The molecule has 2 N–H and O–H groups in total. The van der Waals surface area contributed by atoms with Crippen LogP contribution in [0.4, 0.5) is 0 Å². The third-order valence-corrected chi connectivity index (χ3v) is 3.56. The summed E-state index contributed by atoms with van der Waals surface area (Å²) in [5, 5.41) is 13.9. The Balaban J connectivity index is 2.06. The van der Waals surface area contributed by atoms with E-state index in [4.69, 9.17) is 4.74 Å². The lowest BCUT2D eigenvalue weighted by Crippen LogP contribution is -2.26. The summed E-state index contributed by atoms with van der Waals surface area (Å²) in [5.41, 5.74) is 0.216. The van der Waals surface area contributed by atoms with Crippen LogP contribution in [-0.4, -0.2) is 25.3 Å². The maximum atomic E-state index is 10.5. The predicted octanol–water partition coefficient (Wildman–Crippen LogP) is 1.90. The Kier molecular flexibility index (Phi) is 3.69. The molecule has 94 valence electrons. The Morgan fingerprint density at radius 2 is 2.12 bits per heavy atom. The third-order valence-electron chi connectivity index (χ3n) is 3.56. The zero-order valence-electron chi connectivity index (χ0n) is 10.6. The van der Waals surface area contributed by atoms with Crippen molar-refractivity contribution in [2.45, 2.75) is 25.4 Å². The van der Waals surface area contributed by atoms with Gasteiger partial charge in [0.05, 0.1) is 12.7 Å². The van der Waals surface area contributed by atoms with Crippen LogP contribution in [0.5, 0.6) is 5.75 Å². The van der Waals surface area contributed by atoms with E-state index < -0.39 is 5.60 Å². The van der Waals surface area contributed by atoms with Crippen molar-refractivity contribution in [3.8, 4) is 5.75 Å². The minimum absolute atomic E-state index is 0.576. The van der Waals surface area contributed by atoms with Crippen LogP contribution in [0.25, 0.3) is 0 Å². The summed E-state index contributed by atoms with van der Waals surface area (Å²) in [6.45, 7) is 3.99. The molecule has 2 atom stereocenters. The van der Waals surface area contributed by atoms with Gasteiger partial charge in [-0.1, -0.05) is 12.1 Å². The molecule has 0 aromatic heterocycles. The molecule has 3 nitrogen and oxygen atoms in total. The van der Waals surface area contributed by atoms with E-state index in [2.05, 4.69) is 5.32 Å². The van der Waals surface area contributed by atoms with Crippen LogP contribution in [0.1, 0.15) is 25.3 Å². The van der Waals surface area contributed by atoms with E-state index in [0.717, 1.165) is 37.2 Å². The monoisotopic (exact) mass is 235 g/mol. The smallest absolute Gasteiger partial charge is 0.118 e. The number of benzene rings is 1. The Labute approximate surface area is 103 Å². The lowest BCUT2D eigenvalue weighted by molar-refractivity contribution is 0.0325. The van der Waals surface area contributed by atoms with Gasteiger partial charge >= 0.3 is 0 Å². The zero-order valence-corrected chi connectivity index (χ0v) is 10.6. The average molecular weight is 235 g/mol. The second kappa shape index (κ2) is 5.07. The maximum Gasteiger partial charge on any atom is 0.118 e. The molecule has 1 heterocycles. The Morgan fingerprint density at radius 1 is 1.41 bits per heavy atom. The molecule has 1 saturated heterocycles. The Bertz CT molecular complexity index is 353. The van der Waals surface area contributed by atoms with Crippen LogP contribution >= 0.6 is 0 Å². The first kappa shape index (κ1) is 12.4. The van der Waals surface area contributed by atoms with Crippen LogP contribution in [0.3, 0.4) is 0 Å². The molecule has 1 aromatic rings. The summed E-state index contributed by atoms with van der Waals surface area (Å²) in [4.78, 5) is 0. The van der Waals surface area contributed by atoms with Crippen molar-refractivity contribution in [1.82, 2.24) is 5.32 Å². The number of methoxy groups -OCH3 is 1. The summed E-state index contributed by atoms with van der Waals surface area (Å²) in [6.07, 6.45) is 1.97. The first-order chi connectivity index (χ1) is 8.12. The van der Waals surface area contributed by atoms with E-state index in [0.29, 0.717) is 5.92 Å². The van der Waals surface area contributed by atoms with Crippen molar-refractivity contribution < 1.29 is 9.84 Å². The van der Waals surface area contributed by atoms with Gasteiger partial charge in [-0.05, 0) is 56.5 Å². The zero-order chi connectivity index (χ0) is 12.3. The predicted molar refractivity (Wildman–Crippen MR) is 68.2 cm³/mol. The van der Waals surface area contributed by atoms with Crippen molar-refractivity contribution in [3.05, 3.63) is 29.8 Å². The van der Waals surface area contributed by atoms with Crippen molar-refractivity contribution in [2.75, 3.05) is 20.2 Å². The number of aliphatic hydroxyl groups is 1. The molecule has 0 saturated carbocycles. The molecular weight excluding hydrogens is 214 g/mol. The van der Waals surface area contributed by atoms with E-state index in [1.54, 1.807) is 7.11 Å². The van der Waals surface area contributed by atoms with Crippen LogP contribution in [-0.2, 0) is 5.60 Å². The summed E-state index contributed by atoms with van der Waals surface area (Å²) in [5.74, 6) is 1.40. The first-order valence-corrected chi connectivity index (χ1v) is 6.19. The fourth-order valence-electron chi connectivity index (χ4n) is 2.52. The molecule has 1 aromatic carbocycles. The standard InChI is InChI=1S/C14H21NO2/c1-14(16,9-11-7-8-15-10-11)12-3-5-13(17-2)6-4-12/h3-6,11,15-16H,7-10H2,1-2H3. The maximum absolute atomic E-state index is 10.5. The molecule has 17 heavy (non-hydrogen) atoms. The molecule has 0 aliphatic carbocycles. The normalized spacial score (nSPS) is 23.4. The highest BCUT2D eigenvalue weighted by Gasteiger charge is 2.28. The summed E-state index contributed by atoms with van der Waals surface area (Å²) in [7, 11) is 1.65. The van der Waals surface area contributed by atoms with E-state index in [1.807, 2.05) is 31.2 Å². The van der Waals surface area contributed by atoms with E-state index in [-0.39, 0.29) is 0 Å². The summed E-state index contributed by atoms with van der Waals surface area (Å²) in [6, 6.07) is 7.69. The van der Waals surface area contributed by atoms with Gasteiger partial charge in [-0.15, -0.1) is 0 Å². The molecule has 2 rings (SSSR count). The van der Waals surface area contributed by atoms with Crippen molar-refractivity contribution in [1.29, 1.82) is 0 Å². The van der Waals surface area contributed by atoms with Gasteiger partial charge in [0, 0.05) is 0 Å². The van der Waals surface area contributed by atoms with Crippen LogP contribution in [0.2, 0.25) is 0 Å². The molecular formula is C14H21NO2. The van der Waals surface area contributed by atoms with Crippen LogP contribution in [0.15, 0.2) is 24.3 Å². The fourth-order valence-corrected chi connectivity index (χ4v) is 2.52. The second-order valence-corrected chi connectivity index (χ2v) is 5.07. The van der Waals surface area contributed by atoms with Crippen molar-refractivity contribution in [2.24, 2.45) is 5.92 Å². The molecule has 2 unspecified atom stereocenters. The van der Waals surface area contributed by atoms with Crippen LogP contribution < -0.4 is 10.1 Å². The van der Waals surface area contributed by atoms with Crippen LogP contribution in [0, 0.1) is 5.92 Å². The van der Waals surface area contributed by atoms with Crippen molar-refractivity contribution in [3.63, 3.8) is 0 Å². The van der Waals surface area contributed by atoms with Gasteiger partial charge in [0.2, 0.25) is 0 Å². The largest absolute Gasteiger partial charge is 0.497 e. The quantitative estimate of drug-likeness (QED) is 0.837. The highest BCUT2D eigenvalue weighted by Crippen LogP contribution is 2.31. The second-order valence-electron chi connectivity index (χ2n) is 5.07. The number of hydrogen-bond donors (Lipinski definition) is 2. The van der Waals surface area contributed by atoms with Gasteiger partial charge in [-0.2, -0.15) is 0 Å². The highest BCUT2D eigenvalue weighted by atomic mass is 16.5. The molecule has 0 radical (unpaired) electrons. The number of nitrogens with one attached hydrogen (secondary N) is 1. The highest BCUT2D eigenvalue weighted by molar-refractivity contribution is 5.30. The van der Waals surface area contributed by atoms with E-state index >= 15 is 0 Å². The van der Waals surface area contributed by atoms with Gasteiger partial charge in [0.1, 0.15) is 5.75 Å².